The number of hydrogen-bond acceptors (Lipinski definition) is 2. The number of nitrogens with zero attached hydrogens (tertiary/aromatic N) is 1. The molecule has 2 heteroatoms. The lowest BCUT2D eigenvalue weighted by Gasteiger charge is -2.46. The molecule has 1 atom stereocenters. The minimum Gasteiger partial charge on any atom is -0.312 e. The van der Waals surface area contributed by atoms with Gasteiger partial charge in [0.15, 0.2) is 0 Å². The molecule has 0 aliphatic heterocycles. The van der Waals surface area contributed by atoms with Crippen molar-refractivity contribution in [2.75, 3.05) is 20.6 Å². The van der Waals surface area contributed by atoms with Crippen LogP contribution in [0.5, 0.6) is 0 Å². The van der Waals surface area contributed by atoms with Crippen LogP contribution in [0, 0.1) is 0 Å². The first-order valence-electron chi connectivity index (χ1n) is 7.69. The first-order valence-corrected chi connectivity index (χ1v) is 7.69. The number of likely N-dealkylation sites (N-methyl/N-ethyl adjacent to an activating group) is 1. The van der Waals surface area contributed by atoms with E-state index in [1.54, 1.807) is 0 Å². The van der Waals surface area contributed by atoms with Crippen molar-refractivity contribution in [3.63, 3.8) is 0 Å². The summed E-state index contributed by atoms with van der Waals surface area (Å²) >= 11 is 0. The van der Waals surface area contributed by atoms with Crippen molar-refractivity contribution >= 4 is 0 Å². The molecular weight excluding hydrogens is 220 g/mol. The van der Waals surface area contributed by atoms with Crippen LogP contribution in [-0.2, 0) is 0 Å². The van der Waals surface area contributed by atoms with Gasteiger partial charge in [-0.1, -0.05) is 38.7 Å². The Bertz CT molecular complexity index is 227. The highest BCUT2D eigenvalue weighted by Gasteiger charge is 2.39. The molecule has 0 heterocycles. The fraction of sp³-hybridized carbons (Fsp3) is 0.875. The van der Waals surface area contributed by atoms with Crippen molar-refractivity contribution in [3.8, 4) is 0 Å². The summed E-state index contributed by atoms with van der Waals surface area (Å²) in [6.45, 7) is 7.32. The predicted molar refractivity (Wildman–Crippen MR) is 81.0 cm³/mol. The molecular formula is C16H32N2. The van der Waals surface area contributed by atoms with Crippen molar-refractivity contribution in [2.45, 2.75) is 69.9 Å². The van der Waals surface area contributed by atoms with Gasteiger partial charge in [-0.2, -0.15) is 0 Å². The lowest BCUT2D eigenvalue weighted by molar-refractivity contribution is 0.0813. The van der Waals surface area contributed by atoms with E-state index in [4.69, 9.17) is 0 Å². The van der Waals surface area contributed by atoms with Gasteiger partial charge in [-0.05, 0) is 46.3 Å². The van der Waals surface area contributed by atoms with Gasteiger partial charge in [-0.15, -0.1) is 6.58 Å². The SMILES string of the molecule is C=CCC(NCCC)C1(N(C)C)CCCCCC1. The predicted octanol–water partition coefficient (Wildman–Crippen LogP) is 3.59. The second kappa shape index (κ2) is 7.96. The van der Waals surface area contributed by atoms with Crippen LogP contribution in [0.15, 0.2) is 12.7 Å². The molecule has 18 heavy (non-hydrogen) atoms. The third-order valence-electron chi connectivity index (χ3n) is 4.55. The molecule has 1 rings (SSSR count). The van der Waals surface area contributed by atoms with Gasteiger partial charge in [-0.3, -0.25) is 0 Å². The molecule has 1 unspecified atom stereocenters. The van der Waals surface area contributed by atoms with Crippen LogP contribution in [0.3, 0.4) is 0 Å². The summed E-state index contributed by atoms with van der Waals surface area (Å²) in [6, 6.07) is 0.558. The summed E-state index contributed by atoms with van der Waals surface area (Å²) < 4.78 is 0. The summed E-state index contributed by atoms with van der Waals surface area (Å²) in [5.74, 6) is 0. The molecule has 0 amide bonds. The van der Waals surface area contributed by atoms with Crippen LogP contribution in [0.25, 0.3) is 0 Å². The highest BCUT2D eigenvalue weighted by atomic mass is 15.2. The second-order valence-corrected chi connectivity index (χ2v) is 5.94. The number of nitrogens with one attached hydrogen (secondary N) is 1. The zero-order valence-corrected chi connectivity index (χ0v) is 12.7. The van der Waals surface area contributed by atoms with Gasteiger partial charge < -0.3 is 10.2 Å². The van der Waals surface area contributed by atoms with Crippen molar-refractivity contribution in [3.05, 3.63) is 12.7 Å². The maximum Gasteiger partial charge on any atom is 0.0359 e. The Morgan fingerprint density at radius 1 is 1.22 bits per heavy atom. The Labute approximate surface area is 114 Å². The monoisotopic (exact) mass is 252 g/mol. The Kier molecular flexibility index (Phi) is 6.95. The van der Waals surface area contributed by atoms with Crippen LogP contribution >= 0.6 is 0 Å². The Hall–Kier alpha value is -0.340. The lowest BCUT2D eigenvalue weighted by atomic mass is 9.79. The molecule has 106 valence electrons. The van der Waals surface area contributed by atoms with Crippen molar-refractivity contribution in [1.29, 1.82) is 0 Å². The van der Waals surface area contributed by atoms with Gasteiger partial charge in [-0.25, -0.2) is 0 Å². The van der Waals surface area contributed by atoms with Gasteiger partial charge in [0.25, 0.3) is 0 Å². The molecule has 0 aromatic carbocycles. The van der Waals surface area contributed by atoms with E-state index in [1.807, 2.05) is 0 Å². The number of hydrogen-bond donors (Lipinski definition) is 1. The maximum atomic E-state index is 3.96. The third-order valence-corrected chi connectivity index (χ3v) is 4.55. The van der Waals surface area contributed by atoms with Gasteiger partial charge >= 0.3 is 0 Å². The minimum absolute atomic E-state index is 0.333. The molecule has 1 aliphatic rings. The van der Waals surface area contributed by atoms with E-state index in [2.05, 4.69) is 43.9 Å². The zero-order chi connectivity index (χ0) is 13.4. The molecule has 1 aliphatic carbocycles. The van der Waals surface area contributed by atoms with E-state index < -0.39 is 0 Å². The fourth-order valence-electron chi connectivity index (χ4n) is 3.43. The molecule has 1 N–H and O–H groups in total. The molecule has 0 aromatic heterocycles. The van der Waals surface area contributed by atoms with E-state index in [9.17, 15) is 0 Å². The Morgan fingerprint density at radius 2 is 1.83 bits per heavy atom. The smallest absolute Gasteiger partial charge is 0.0359 e. The maximum absolute atomic E-state index is 3.96. The summed E-state index contributed by atoms with van der Waals surface area (Å²) in [6.07, 6.45) is 12.6. The van der Waals surface area contributed by atoms with Crippen LogP contribution in [-0.4, -0.2) is 37.1 Å². The number of rotatable bonds is 7. The van der Waals surface area contributed by atoms with Gasteiger partial charge in [0.1, 0.15) is 0 Å². The molecule has 0 radical (unpaired) electrons. The normalized spacial score (nSPS) is 21.6. The van der Waals surface area contributed by atoms with E-state index in [0.717, 1.165) is 13.0 Å². The molecule has 2 nitrogen and oxygen atoms in total. The summed E-state index contributed by atoms with van der Waals surface area (Å²) in [7, 11) is 4.52. The van der Waals surface area contributed by atoms with Crippen LogP contribution < -0.4 is 5.32 Å². The fourth-order valence-corrected chi connectivity index (χ4v) is 3.43. The quantitative estimate of drug-likeness (QED) is 0.550. The van der Waals surface area contributed by atoms with E-state index in [1.165, 1.54) is 44.9 Å². The van der Waals surface area contributed by atoms with Crippen molar-refractivity contribution in [2.24, 2.45) is 0 Å². The molecule has 1 saturated carbocycles. The molecule has 0 saturated heterocycles. The Balaban J connectivity index is 2.85. The third kappa shape index (κ3) is 3.83. The second-order valence-electron chi connectivity index (χ2n) is 5.94. The van der Waals surface area contributed by atoms with Gasteiger partial charge in [0, 0.05) is 11.6 Å². The zero-order valence-electron chi connectivity index (χ0n) is 12.7. The topological polar surface area (TPSA) is 15.3 Å². The summed E-state index contributed by atoms with van der Waals surface area (Å²) in [5, 5.41) is 3.78. The lowest BCUT2D eigenvalue weighted by Crippen LogP contribution is -2.58. The van der Waals surface area contributed by atoms with E-state index in [-0.39, 0.29) is 0 Å². The van der Waals surface area contributed by atoms with Crippen molar-refractivity contribution in [1.82, 2.24) is 10.2 Å². The first-order chi connectivity index (χ1) is 8.67. The minimum atomic E-state index is 0.333. The van der Waals surface area contributed by atoms with Crippen molar-refractivity contribution < 1.29 is 0 Å². The molecule has 0 aromatic rings. The molecule has 0 spiro atoms. The van der Waals surface area contributed by atoms with Crippen LogP contribution in [0.4, 0.5) is 0 Å². The summed E-state index contributed by atoms with van der Waals surface area (Å²) in [5.41, 5.74) is 0.333. The highest BCUT2D eigenvalue weighted by Crippen LogP contribution is 2.35. The summed E-state index contributed by atoms with van der Waals surface area (Å²) in [4.78, 5) is 2.48. The largest absolute Gasteiger partial charge is 0.312 e. The Morgan fingerprint density at radius 3 is 2.28 bits per heavy atom. The highest BCUT2D eigenvalue weighted by molar-refractivity contribution is 5.02. The average Bonchev–Trinajstić information content (AvgIpc) is 2.61. The van der Waals surface area contributed by atoms with Gasteiger partial charge in [0.05, 0.1) is 0 Å². The van der Waals surface area contributed by atoms with E-state index >= 15 is 0 Å². The van der Waals surface area contributed by atoms with E-state index in [0.29, 0.717) is 11.6 Å². The molecule has 1 fully saturated rings. The average molecular weight is 252 g/mol. The molecule has 0 bridgehead atoms. The van der Waals surface area contributed by atoms with Crippen LogP contribution in [0.1, 0.15) is 58.3 Å². The standard InChI is InChI=1S/C16H32N2/c1-5-11-15(17-14-6-2)16(18(3)4)12-9-7-8-10-13-16/h5,15,17H,1,6-14H2,2-4H3. The van der Waals surface area contributed by atoms with Crippen LogP contribution in [0.2, 0.25) is 0 Å². The first kappa shape index (κ1) is 15.7. The van der Waals surface area contributed by atoms with Gasteiger partial charge in [0.2, 0.25) is 0 Å².